The molecule has 0 saturated carbocycles. The number of fused-ring (bicyclic) bond motifs is 2. The second-order valence-corrected chi connectivity index (χ2v) is 9.46. The van der Waals surface area contributed by atoms with Crippen LogP contribution in [0.3, 0.4) is 0 Å². The minimum atomic E-state index is -0.203. The summed E-state index contributed by atoms with van der Waals surface area (Å²) in [6, 6.07) is 19.0. The number of hydrogen-bond acceptors (Lipinski definition) is 5. The number of aromatic nitrogens is 5. The lowest BCUT2D eigenvalue weighted by atomic mass is 10.1. The second kappa shape index (κ2) is 9.89. The van der Waals surface area contributed by atoms with Gasteiger partial charge >= 0.3 is 0 Å². The van der Waals surface area contributed by atoms with Crippen LogP contribution in [0.1, 0.15) is 46.7 Å². The maximum atomic E-state index is 13.1. The van der Waals surface area contributed by atoms with E-state index in [9.17, 15) is 4.79 Å². The van der Waals surface area contributed by atoms with E-state index in [2.05, 4.69) is 25.1 Å². The Morgan fingerprint density at radius 2 is 1.92 bits per heavy atom. The Kier molecular flexibility index (Phi) is 6.14. The molecule has 6 rings (SSSR count). The monoisotopic (exact) mass is 492 g/mol. The number of rotatable bonds is 6. The van der Waals surface area contributed by atoms with Crippen LogP contribution in [-0.4, -0.2) is 30.1 Å². The van der Waals surface area contributed by atoms with Crippen LogP contribution in [0.2, 0.25) is 0 Å². The zero-order valence-corrected chi connectivity index (χ0v) is 20.7. The van der Waals surface area contributed by atoms with E-state index in [0.717, 1.165) is 59.9 Å². The highest BCUT2D eigenvalue weighted by Gasteiger charge is 2.17. The molecule has 186 valence electrons. The highest BCUT2D eigenvalue weighted by Crippen LogP contribution is 2.25. The molecule has 5 aromatic rings. The fourth-order valence-electron chi connectivity index (χ4n) is 4.75. The van der Waals surface area contributed by atoms with Gasteiger partial charge in [0.1, 0.15) is 23.8 Å². The summed E-state index contributed by atoms with van der Waals surface area (Å²) in [5.74, 6) is 2.30. The highest BCUT2D eigenvalue weighted by atomic mass is 16.5. The fraction of sp³-hybridized carbons (Fsp3) is 0.241. The molecule has 1 N–H and O–H groups in total. The van der Waals surface area contributed by atoms with Crippen LogP contribution < -0.4 is 10.1 Å². The minimum Gasteiger partial charge on any atom is -0.487 e. The Morgan fingerprint density at radius 3 is 2.86 bits per heavy atom. The minimum absolute atomic E-state index is 0.203. The van der Waals surface area contributed by atoms with Crippen molar-refractivity contribution >= 4 is 17.2 Å². The summed E-state index contributed by atoms with van der Waals surface area (Å²) in [5.41, 5.74) is 5.03. The fourth-order valence-corrected chi connectivity index (χ4v) is 4.75. The highest BCUT2D eigenvalue weighted by molar-refractivity contribution is 6.04. The van der Waals surface area contributed by atoms with Gasteiger partial charge in [0, 0.05) is 42.2 Å². The van der Waals surface area contributed by atoms with E-state index < -0.39 is 0 Å². The van der Waals surface area contributed by atoms with Crippen molar-refractivity contribution in [2.45, 2.75) is 45.8 Å². The van der Waals surface area contributed by atoms with Crippen molar-refractivity contribution in [1.29, 1.82) is 0 Å². The molecular formula is C29H28N6O2. The first-order valence-electron chi connectivity index (χ1n) is 12.6. The summed E-state index contributed by atoms with van der Waals surface area (Å²) in [7, 11) is 0. The summed E-state index contributed by atoms with van der Waals surface area (Å²) in [6.45, 7) is 3.29. The number of benzene rings is 2. The number of amides is 1. The Bertz CT molecular complexity index is 1580. The molecule has 1 aliphatic heterocycles. The standard InChI is InChI=1S/C29H28N6O2/c1-20-12-13-26-30-24(18-34(26)17-20)19-37-25-10-6-8-22(16-25)29(36)31-23-9-5-7-21(15-23)28-33-32-27-11-3-2-4-14-35(27)28/h5-10,12-13,15-18H,2-4,11,14,19H2,1H3,(H,31,36). The number of carbonyl (C=O) groups is 1. The van der Waals surface area contributed by atoms with E-state index >= 15 is 0 Å². The van der Waals surface area contributed by atoms with Crippen molar-refractivity contribution in [1.82, 2.24) is 24.1 Å². The number of nitrogens with one attached hydrogen (secondary N) is 1. The van der Waals surface area contributed by atoms with Gasteiger partial charge < -0.3 is 19.0 Å². The molecule has 1 aliphatic rings. The summed E-state index contributed by atoms with van der Waals surface area (Å²) < 4.78 is 10.1. The van der Waals surface area contributed by atoms with Crippen molar-refractivity contribution in [2.75, 3.05) is 5.32 Å². The summed E-state index contributed by atoms with van der Waals surface area (Å²) in [4.78, 5) is 17.6. The van der Waals surface area contributed by atoms with Crippen LogP contribution >= 0.6 is 0 Å². The molecule has 1 amide bonds. The number of ether oxygens (including phenoxy) is 1. The van der Waals surface area contributed by atoms with Gasteiger partial charge in [0.15, 0.2) is 5.82 Å². The first-order chi connectivity index (χ1) is 18.1. The predicted octanol–water partition coefficient (Wildman–Crippen LogP) is 5.46. The first-order valence-corrected chi connectivity index (χ1v) is 12.6. The van der Waals surface area contributed by atoms with Gasteiger partial charge in [-0.3, -0.25) is 4.79 Å². The van der Waals surface area contributed by atoms with Crippen molar-refractivity contribution in [3.05, 3.63) is 95.7 Å². The molecule has 0 bridgehead atoms. The van der Waals surface area contributed by atoms with Gasteiger partial charge in [0.2, 0.25) is 0 Å². The van der Waals surface area contributed by atoms with Crippen molar-refractivity contribution in [3.63, 3.8) is 0 Å². The average molecular weight is 493 g/mol. The van der Waals surface area contributed by atoms with Crippen LogP contribution in [0.25, 0.3) is 17.0 Å². The van der Waals surface area contributed by atoms with Crippen molar-refractivity contribution in [3.8, 4) is 17.1 Å². The third kappa shape index (κ3) is 4.95. The van der Waals surface area contributed by atoms with E-state index in [4.69, 9.17) is 4.74 Å². The molecular weight excluding hydrogens is 464 g/mol. The summed E-state index contributed by atoms with van der Waals surface area (Å²) >= 11 is 0. The van der Waals surface area contributed by atoms with E-state index in [-0.39, 0.29) is 5.91 Å². The molecule has 8 heteroatoms. The molecule has 37 heavy (non-hydrogen) atoms. The molecule has 0 spiro atoms. The molecule has 0 unspecified atom stereocenters. The number of pyridine rings is 1. The van der Waals surface area contributed by atoms with Gasteiger partial charge in [-0.05, 0) is 61.7 Å². The summed E-state index contributed by atoms with van der Waals surface area (Å²) in [5, 5.41) is 11.9. The Labute approximate surface area is 215 Å². The van der Waals surface area contributed by atoms with Gasteiger partial charge in [-0.1, -0.05) is 30.7 Å². The number of nitrogens with zero attached hydrogens (tertiary/aromatic N) is 5. The molecule has 0 saturated heterocycles. The molecule has 4 heterocycles. The molecule has 0 aliphatic carbocycles. The average Bonchev–Trinajstić information content (AvgIpc) is 3.43. The zero-order valence-electron chi connectivity index (χ0n) is 20.7. The largest absolute Gasteiger partial charge is 0.487 e. The number of imidazole rings is 1. The first kappa shape index (κ1) is 23.0. The Morgan fingerprint density at radius 1 is 1.00 bits per heavy atom. The van der Waals surface area contributed by atoms with E-state index in [1.54, 1.807) is 12.1 Å². The van der Waals surface area contributed by atoms with Crippen molar-refractivity contribution < 1.29 is 9.53 Å². The maximum absolute atomic E-state index is 13.1. The molecule has 0 atom stereocenters. The molecule has 3 aromatic heterocycles. The van der Waals surface area contributed by atoms with E-state index in [1.165, 1.54) is 6.42 Å². The quantitative estimate of drug-likeness (QED) is 0.340. The van der Waals surface area contributed by atoms with Gasteiger partial charge in [0.25, 0.3) is 5.91 Å². The lowest BCUT2D eigenvalue weighted by Crippen LogP contribution is -2.12. The lowest BCUT2D eigenvalue weighted by Gasteiger charge is -2.10. The number of carbonyl (C=O) groups excluding carboxylic acids is 1. The SMILES string of the molecule is Cc1ccc2nc(COc3cccc(C(=O)Nc4cccc(-c5nnc6n5CCCCC6)c4)c3)cn2c1. The lowest BCUT2D eigenvalue weighted by molar-refractivity contribution is 0.102. The Balaban J connectivity index is 1.15. The molecule has 8 nitrogen and oxygen atoms in total. The third-order valence-corrected chi connectivity index (χ3v) is 6.62. The number of anilines is 1. The normalized spacial score (nSPS) is 13.2. The van der Waals surface area contributed by atoms with Gasteiger partial charge in [-0.2, -0.15) is 0 Å². The molecule has 0 radical (unpaired) electrons. The van der Waals surface area contributed by atoms with Crippen LogP contribution in [0.5, 0.6) is 5.75 Å². The van der Waals surface area contributed by atoms with Gasteiger partial charge in [-0.15, -0.1) is 10.2 Å². The number of aryl methyl sites for hydroxylation is 2. The van der Waals surface area contributed by atoms with Crippen LogP contribution in [0, 0.1) is 6.92 Å². The van der Waals surface area contributed by atoms with Crippen molar-refractivity contribution in [2.24, 2.45) is 0 Å². The van der Waals surface area contributed by atoms with Crippen LogP contribution in [0.4, 0.5) is 5.69 Å². The summed E-state index contributed by atoms with van der Waals surface area (Å²) in [6.07, 6.45) is 8.43. The van der Waals surface area contributed by atoms with E-state index in [0.29, 0.717) is 23.6 Å². The smallest absolute Gasteiger partial charge is 0.255 e. The van der Waals surface area contributed by atoms with Gasteiger partial charge in [-0.25, -0.2) is 4.98 Å². The molecule has 0 fully saturated rings. The third-order valence-electron chi connectivity index (χ3n) is 6.62. The second-order valence-electron chi connectivity index (χ2n) is 9.46. The van der Waals surface area contributed by atoms with Gasteiger partial charge in [0.05, 0.1) is 5.69 Å². The number of hydrogen-bond donors (Lipinski definition) is 1. The molecule has 2 aromatic carbocycles. The zero-order chi connectivity index (χ0) is 25.2. The predicted molar refractivity (Wildman–Crippen MR) is 142 cm³/mol. The van der Waals surface area contributed by atoms with Crippen LogP contribution in [0.15, 0.2) is 73.1 Å². The topological polar surface area (TPSA) is 86.3 Å². The maximum Gasteiger partial charge on any atom is 0.255 e. The van der Waals surface area contributed by atoms with Crippen LogP contribution in [-0.2, 0) is 19.6 Å². The van der Waals surface area contributed by atoms with E-state index in [1.807, 2.05) is 72.2 Å². The Hall–Kier alpha value is -4.46.